The van der Waals surface area contributed by atoms with Crippen LogP contribution in [-0.4, -0.2) is 35.7 Å². The molecule has 8 nitrogen and oxygen atoms in total. The third kappa shape index (κ3) is 5.65. The van der Waals surface area contributed by atoms with Crippen molar-refractivity contribution in [3.8, 4) is 17.1 Å². The maximum atomic E-state index is 11.8. The highest BCUT2D eigenvalue weighted by atomic mass is 32.1. The molecule has 0 bridgehead atoms. The van der Waals surface area contributed by atoms with E-state index in [1.807, 2.05) is 41.1 Å². The minimum atomic E-state index is -0.505. The van der Waals surface area contributed by atoms with Crippen LogP contribution in [0.15, 0.2) is 45.6 Å². The van der Waals surface area contributed by atoms with Gasteiger partial charge < -0.3 is 19.3 Å². The Morgan fingerprint density at radius 2 is 2.04 bits per heavy atom. The maximum Gasteiger partial charge on any atom is 0.306 e. The molecular formula is C19H19N3O5S. The predicted octanol–water partition coefficient (Wildman–Crippen LogP) is 2.60. The zero-order chi connectivity index (χ0) is 19.8. The highest BCUT2D eigenvalue weighted by molar-refractivity contribution is 7.08. The molecule has 3 rings (SSSR count). The molecule has 28 heavy (non-hydrogen) atoms. The Kier molecular flexibility index (Phi) is 6.74. The number of carbonyl (C=O) groups excluding carboxylic acids is 2. The Balaban J connectivity index is 1.35. The van der Waals surface area contributed by atoms with Crippen molar-refractivity contribution in [3.63, 3.8) is 0 Å². The van der Waals surface area contributed by atoms with Crippen LogP contribution in [0.5, 0.6) is 5.75 Å². The van der Waals surface area contributed by atoms with Crippen molar-refractivity contribution in [3.05, 3.63) is 52.5 Å². The second kappa shape index (κ2) is 9.65. The summed E-state index contributed by atoms with van der Waals surface area (Å²) in [5, 5.41) is 10.4. The smallest absolute Gasteiger partial charge is 0.306 e. The highest BCUT2D eigenvalue weighted by Gasteiger charge is 2.13. The highest BCUT2D eigenvalue weighted by Crippen LogP contribution is 2.19. The fraction of sp³-hybridized carbons (Fsp3) is 0.263. The molecule has 0 saturated carbocycles. The van der Waals surface area contributed by atoms with Crippen molar-refractivity contribution in [2.75, 3.05) is 13.7 Å². The molecule has 0 aliphatic heterocycles. The molecule has 0 aliphatic carbocycles. The van der Waals surface area contributed by atoms with E-state index in [1.54, 1.807) is 7.11 Å². The quantitative estimate of drug-likeness (QED) is 0.550. The molecule has 0 atom stereocenters. The van der Waals surface area contributed by atoms with E-state index in [9.17, 15) is 9.59 Å². The van der Waals surface area contributed by atoms with Gasteiger partial charge in [0.05, 0.1) is 13.5 Å². The Hall–Kier alpha value is -3.20. The van der Waals surface area contributed by atoms with E-state index in [0.717, 1.165) is 16.9 Å². The third-order valence-corrected chi connectivity index (χ3v) is 4.49. The summed E-state index contributed by atoms with van der Waals surface area (Å²) in [7, 11) is 1.59. The lowest BCUT2D eigenvalue weighted by atomic mass is 10.2. The summed E-state index contributed by atoms with van der Waals surface area (Å²) < 4.78 is 15.2. The first-order valence-corrected chi connectivity index (χ1v) is 9.48. The van der Waals surface area contributed by atoms with Gasteiger partial charge in [-0.05, 0) is 29.1 Å². The number of hydrogen-bond acceptors (Lipinski definition) is 8. The van der Waals surface area contributed by atoms with Gasteiger partial charge in [-0.15, -0.1) is 0 Å². The monoisotopic (exact) mass is 401 g/mol. The zero-order valence-electron chi connectivity index (χ0n) is 15.2. The summed E-state index contributed by atoms with van der Waals surface area (Å²) in [6.45, 7) is 0.00664. The van der Waals surface area contributed by atoms with Crippen LogP contribution in [0.4, 0.5) is 0 Å². The Morgan fingerprint density at radius 3 is 2.75 bits per heavy atom. The van der Waals surface area contributed by atoms with E-state index in [1.165, 1.54) is 11.3 Å². The summed E-state index contributed by atoms with van der Waals surface area (Å²) in [6.07, 6.45) is 0.306. The molecule has 0 unspecified atom stereocenters. The van der Waals surface area contributed by atoms with Crippen LogP contribution >= 0.6 is 11.3 Å². The second-order valence-corrected chi connectivity index (χ2v) is 6.59. The van der Waals surface area contributed by atoms with Crippen LogP contribution in [0.3, 0.4) is 0 Å². The SMILES string of the molecule is COc1ccc(CNC(=O)COC(=O)CCc2nc(-c3ccsc3)no2)cc1. The number of nitrogens with zero attached hydrogens (tertiary/aromatic N) is 2. The van der Waals surface area contributed by atoms with E-state index in [-0.39, 0.29) is 25.4 Å². The number of aromatic nitrogens is 2. The van der Waals surface area contributed by atoms with Crippen LogP contribution in [0.2, 0.25) is 0 Å². The third-order valence-electron chi connectivity index (χ3n) is 3.80. The molecule has 2 heterocycles. The molecule has 2 aromatic heterocycles. The first-order chi connectivity index (χ1) is 13.6. The van der Waals surface area contributed by atoms with Crippen LogP contribution in [-0.2, 0) is 27.3 Å². The van der Waals surface area contributed by atoms with Crippen molar-refractivity contribution in [1.29, 1.82) is 0 Å². The summed E-state index contributed by atoms with van der Waals surface area (Å²) in [4.78, 5) is 27.8. The largest absolute Gasteiger partial charge is 0.497 e. The summed E-state index contributed by atoms with van der Waals surface area (Å²) in [6, 6.07) is 9.20. The van der Waals surface area contributed by atoms with Crippen molar-refractivity contribution >= 4 is 23.2 Å². The molecule has 0 radical (unpaired) electrons. The normalized spacial score (nSPS) is 10.5. The lowest BCUT2D eigenvalue weighted by molar-refractivity contribution is -0.148. The van der Waals surface area contributed by atoms with Crippen LogP contribution < -0.4 is 10.1 Å². The fourth-order valence-corrected chi connectivity index (χ4v) is 2.92. The zero-order valence-corrected chi connectivity index (χ0v) is 16.0. The first-order valence-electron chi connectivity index (χ1n) is 8.54. The number of esters is 1. The Morgan fingerprint density at radius 1 is 1.21 bits per heavy atom. The maximum absolute atomic E-state index is 11.8. The number of nitrogens with one attached hydrogen (secondary N) is 1. The average molecular weight is 401 g/mol. The van der Waals surface area contributed by atoms with E-state index in [0.29, 0.717) is 18.3 Å². The molecule has 1 N–H and O–H groups in total. The second-order valence-electron chi connectivity index (χ2n) is 5.81. The molecule has 3 aromatic rings. The van der Waals surface area contributed by atoms with Gasteiger partial charge in [-0.1, -0.05) is 17.3 Å². The number of hydrogen-bond donors (Lipinski definition) is 1. The van der Waals surface area contributed by atoms with E-state index in [4.69, 9.17) is 14.0 Å². The van der Waals surface area contributed by atoms with E-state index in [2.05, 4.69) is 15.5 Å². The molecule has 146 valence electrons. The van der Waals surface area contributed by atoms with Gasteiger partial charge in [0, 0.05) is 23.9 Å². The molecule has 0 fully saturated rings. The molecule has 0 aliphatic rings. The number of amides is 1. The summed E-state index contributed by atoms with van der Waals surface area (Å²) in [5.74, 6) is 0.703. The average Bonchev–Trinajstić information content (AvgIpc) is 3.41. The van der Waals surface area contributed by atoms with Gasteiger partial charge in [-0.2, -0.15) is 16.3 Å². The van der Waals surface area contributed by atoms with Gasteiger partial charge in [0.25, 0.3) is 5.91 Å². The number of methoxy groups -OCH3 is 1. The predicted molar refractivity (Wildman–Crippen MR) is 102 cm³/mol. The summed E-state index contributed by atoms with van der Waals surface area (Å²) in [5.41, 5.74) is 1.79. The fourth-order valence-electron chi connectivity index (χ4n) is 2.29. The topological polar surface area (TPSA) is 104 Å². The molecule has 1 aromatic carbocycles. The molecular weight excluding hydrogens is 382 g/mol. The van der Waals surface area contributed by atoms with E-state index >= 15 is 0 Å². The van der Waals surface area contributed by atoms with E-state index < -0.39 is 5.97 Å². The standard InChI is InChI=1S/C19H19N3O5S/c1-25-15-4-2-13(3-5-15)10-20-16(23)11-26-18(24)7-6-17-21-19(22-27-17)14-8-9-28-12-14/h2-5,8-9,12H,6-7,10-11H2,1H3,(H,20,23). The Labute approximate surface area is 165 Å². The van der Waals surface area contributed by atoms with Crippen molar-refractivity contribution in [2.24, 2.45) is 0 Å². The number of ether oxygens (including phenoxy) is 2. The van der Waals surface area contributed by atoms with Crippen molar-refractivity contribution in [1.82, 2.24) is 15.5 Å². The van der Waals surface area contributed by atoms with Gasteiger partial charge in [-0.3, -0.25) is 9.59 Å². The minimum Gasteiger partial charge on any atom is -0.497 e. The van der Waals surface area contributed by atoms with Crippen molar-refractivity contribution in [2.45, 2.75) is 19.4 Å². The molecule has 1 amide bonds. The first kappa shape index (κ1) is 19.6. The van der Waals surface area contributed by atoms with Crippen LogP contribution in [0.25, 0.3) is 11.4 Å². The minimum absolute atomic E-state index is 0.0526. The number of benzene rings is 1. The van der Waals surface area contributed by atoms with Crippen molar-refractivity contribution < 1.29 is 23.6 Å². The Bertz CT molecular complexity index is 906. The lowest BCUT2D eigenvalue weighted by Crippen LogP contribution is -2.28. The van der Waals surface area contributed by atoms with Gasteiger partial charge in [0.15, 0.2) is 6.61 Å². The van der Waals surface area contributed by atoms with Gasteiger partial charge in [-0.25, -0.2) is 0 Å². The van der Waals surface area contributed by atoms with Crippen LogP contribution in [0, 0.1) is 0 Å². The molecule has 0 spiro atoms. The lowest BCUT2D eigenvalue weighted by Gasteiger charge is -2.07. The van der Waals surface area contributed by atoms with Gasteiger partial charge in [0.2, 0.25) is 11.7 Å². The molecule has 0 saturated heterocycles. The summed E-state index contributed by atoms with van der Waals surface area (Å²) >= 11 is 1.54. The number of carbonyl (C=O) groups is 2. The number of aryl methyl sites for hydroxylation is 1. The molecule has 9 heteroatoms. The van der Waals surface area contributed by atoms with Crippen LogP contribution in [0.1, 0.15) is 17.9 Å². The van der Waals surface area contributed by atoms with Gasteiger partial charge in [0.1, 0.15) is 5.75 Å². The van der Waals surface area contributed by atoms with Gasteiger partial charge >= 0.3 is 5.97 Å². The number of thiophene rings is 1. The number of rotatable bonds is 9.